The quantitative estimate of drug-likeness (QED) is 0.652. The molecule has 0 radical (unpaired) electrons. The van der Waals surface area contributed by atoms with Gasteiger partial charge in [0.15, 0.2) is 0 Å². The first-order valence-electron chi connectivity index (χ1n) is 5.23. The fraction of sp³-hybridized carbons (Fsp3) is 0.900. The van der Waals surface area contributed by atoms with E-state index in [1.54, 1.807) is 0 Å². The number of nitrogens with zero attached hydrogens (tertiary/aromatic N) is 1. The summed E-state index contributed by atoms with van der Waals surface area (Å²) in [5.41, 5.74) is 0. The van der Waals surface area contributed by atoms with E-state index in [0.29, 0.717) is 24.3 Å². The number of hydrogen-bond acceptors (Lipinski definition) is 2. The number of rotatable bonds is 1. The highest BCUT2D eigenvalue weighted by Gasteiger charge is 2.36. The maximum atomic E-state index is 11.5. The average molecular weight is 183 g/mol. The molecule has 2 unspecified atom stereocenters. The number of piperidine rings is 2. The normalized spacial score (nSPS) is 34.5. The van der Waals surface area contributed by atoms with Crippen molar-refractivity contribution in [3.63, 3.8) is 0 Å². The molecule has 3 nitrogen and oxygen atoms in total. The molecule has 13 heavy (non-hydrogen) atoms. The van der Waals surface area contributed by atoms with E-state index in [4.69, 9.17) is 0 Å². The van der Waals surface area contributed by atoms with Gasteiger partial charge in [-0.3, -0.25) is 4.79 Å². The first-order chi connectivity index (χ1) is 6.33. The zero-order valence-electron chi connectivity index (χ0n) is 7.91. The monoisotopic (exact) mass is 183 g/mol. The average Bonchev–Trinajstić information content (AvgIpc) is 2.19. The van der Waals surface area contributed by atoms with Gasteiger partial charge < -0.3 is 10.0 Å². The molecule has 1 amide bonds. The van der Waals surface area contributed by atoms with Crippen LogP contribution in [0.25, 0.3) is 0 Å². The highest BCUT2D eigenvalue weighted by Crippen LogP contribution is 2.30. The fourth-order valence-corrected chi connectivity index (χ4v) is 2.61. The van der Waals surface area contributed by atoms with Crippen molar-refractivity contribution in [3.05, 3.63) is 0 Å². The Balaban J connectivity index is 2.09. The predicted molar refractivity (Wildman–Crippen MR) is 49.2 cm³/mol. The molecular weight excluding hydrogens is 166 g/mol. The van der Waals surface area contributed by atoms with Crippen molar-refractivity contribution in [2.45, 2.75) is 38.1 Å². The number of carbonyl (C=O) groups is 1. The number of carbonyl (C=O) groups excluding carboxylic acids is 1. The van der Waals surface area contributed by atoms with Gasteiger partial charge in [0.2, 0.25) is 5.91 Å². The molecule has 2 rings (SSSR count). The van der Waals surface area contributed by atoms with Crippen LogP contribution >= 0.6 is 0 Å². The van der Waals surface area contributed by atoms with Crippen molar-refractivity contribution in [1.29, 1.82) is 0 Å². The Morgan fingerprint density at radius 2 is 2.23 bits per heavy atom. The van der Waals surface area contributed by atoms with Crippen molar-refractivity contribution >= 4 is 5.91 Å². The van der Waals surface area contributed by atoms with E-state index in [9.17, 15) is 9.90 Å². The molecule has 0 aromatic carbocycles. The van der Waals surface area contributed by atoms with Gasteiger partial charge >= 0.3 is 0 Å². The van der Waals surface area contributed by atoms with Gasteiger partial charge in [-0.25, -0.2) is 0 Å². The Labute approximate surface area is 78.7 Å². The molecular formula is C10H17NO2. The van der Waals surface area contributed by atoms with Gasteiger partial charge in [-0.2, -0.15) is 0 Å². The summed E-state index contributed by atoms with van der Waals surface area (Å²) < 4.78 is 0. The first-order valence-corrected chi connectivity index (χ1v) is 5.23. The summed E-state index contributed by atoms with van der Waals surface area (Å²) in [7, 11) is 0. The lowest BCUT2D eigenvalue weighted by atomic mass is 9.84. The molecule has 2 atom stereocenters. The molecule has 0 aromatic rings. The molecule has 0 aliphatic carbocycles. The van der Waals surface area contributed by atoms with E-state index < -0.39 is 0 Å². The highest BCUT2D eigenvalue weighted by atomic mass is 16.3. The summed E-state index contributed by atoms with van der Waals surface area (Å²) in [6.07, 6.45) is 4.97. The minimum atomic E-state index is 0.244. The van der Waals surface area contributed by atoms with Gasteiger partial charge in [0.25, 0.3) is 0 Å². The lowest BCUT2D eigenvalue weighted by Crippen LogP contribution is -2.51. The third-order valence-corrected chi connectivity index (χ3v) is 3.38. The van der Waals surface area contributed by atoms with Gasteiger partial charge in [0.1, 0.15) is 0 Å². The van der Waals surface area contributed by atoms with Crippen LogP contribution in [-0.2, 0) is 4.79 Å². The standard InChI is InChI=1S/C10H17NO2/c12-7-8-4-5-10(13)11-6-2-1-3-9(8)11/h8-9,12H,1-7H2. The van der Waals surface area contributed by atoms with Crippen LogP contribution in [0.4, 0.5) is 0 Å². The summed E-state index contributed by atoms with van der Waals surface area (Å²) in [6, 6.07) is 0.347. The summed E-state index contributed by atoms with van der Waals surface area (Å²) in [5, 5.41) is 9.18. The largest absolute Gasteiger partial charge is 0.396 e. The summed E-state index contributed by atoms with van der Waals surface area (Å²) in [6.45, 7) is 1.16. The Hall–Kier alpha value is -0.570. The third kappa shape index (κ3) is 1.57. The van der Waals surface area contributed by atoms with Crippen LogP contribution in [0.15, 0.2) is 0 Å². The Bertz CT molecular complexity index is 205. The number of aliphatic hydroxyl groups is 1. The van der Waals surface area contributed by atoms with E-state index in [1.165, 1.54) is 6.42 Å². The van der Waals surface area contributed by atoms with Gasteiger partial charge in [-0.15, -0.1) is 0 Å². The molecule has 0 bridgehead atoms. The Morgan fingerprint density at radius 1 is 1.38 bits per heavy atom. The van der Waals surface area contributed by atoms with Crippen molar-refractivity contribution in [3.8, 4) is 0 Å². The lowest BCUT2D eigenvalue weighted by Gasteiger charge is -2.43. The second-order valence-electron chi connectivity index (χ2n) is 4.13. The number of aliphatic hydroxyl groups excluding tert-OH is 1. The van der Waals surface area contributed by atoms with Crippen LogP contribution in [0.5, 0.6) is 0 Å². The molecule has 3 heteroatoms. The predicted octanol–water partition coefficient (Wildman–Crippen LogP) is 0.770. The van der Waals surface area contributed by atoms with E-state index in [-0.39, 0.29) is 6.61 Å². The van der Waals surface area contributed by atoms with E-state index in [2.05, 4.69) is 0 Å². The minimum absolute atomic E-state index is 0.244. The van der Waals surface area contributed by atoms with Crippen molar-refractivity contribution in [2.75, 3.05) is 13.2 Å². The molecule has 74 valence electrons. The third-order valence-electron chi connectivity index (χ3n) is 3.38. The molecule has 2 saturated heterocycles. The van der Waals surface area contributed by atoms with Crippen molar-refractivity contribution in [1.82, 2.24) is 4.90 Å². The molecule has 2 heterocycles. The van der Waals surface area contributed by atoms with Gasteiger partial charge in [-0.1, -0.05) is 0 Å². The maximum absolute atomic E-state index is 11.5. The summed E-state index contributed by atoms with van der Waals surface area (Å²) in [4.78, 5) is 13.5. The Kier molecular flexibility index (Phi) is 2.54. The first kappa shape index (κ1) is 9.00. The molecule has 2 aliphatic rings. The van der Waals surface area contributed by atoms with Gasteiger partial charge in [0, 0.05) is 31.5 Å². The van der Waals surface area contributed by atoms with Crippen LogP contribution in [0.3, 0.4) is 0 Å². The lowest BCUT2D eigenvalue weighted by molar-refractivity contribution is -0.141. The zero-order chi connectivity index (χ0) is 9.26. The fourth-order valence-electron chi connectivity index (χ4n) is 2.61. The minimum Gasteiger partial charge on any atom is -0.396 e. The smallest absolute Gasteiger partial charge is 0.222 e. The molecule has 2 fully saturated rings. The molecule has 0 aromatic heterocycles. The highest BCUT2D eigenvalue weighted by molar-refractivity contribution is 5.77. The SMILES string of the molecule is O=C1CCC(CO)C2CCCCN12. The maximum Gasteiger partial charge on any atom is 0.222 e. The van der Waals surface area contributed by atoms with Crippen LogP contribution in [0.1, 0.15) is 32.1 Å². The molecule has 0 spiro atoms. The topological polar surface area (TPSA) is 40.5 Å². The van der Waals surface area contributed by atoms with Crippen LogP contribution < -0.4 is 0 Å². The van der Waals surface area contributed by atoms with Gasteiger partial charge in [0.05, 0.1) is 0 Å². The summed E-state index contributed by atoms with van der Waals surface area (Å²) in [5.74, 6) is 0.646. The van der Waals surface area contributed by atoms with Crippen molar-refractivity contribution in [2.24, 2.45) is 5.92 Å². The number of hydrogen-bond donors (Lipinski definition) is 1. The zero-order valence-corrected chi connectivity index (χ0v) is 7.91. The summed E-state index contributed by atoms with van der Waals surface area (Å²) >= 11 is 0. The van der Waals surface area contributed by atoms with E-state index in [1.807, 2.05) is 4.90 Å². The Morgan fingerprint density at radius 3 is 3.00 bits per heavy atom. The second-order valence-corrected chi connectivity index (χ2v) is 4.13. The number of amides is 1. The van der Waals surface area contributed by atoms with Crippen LogP contribution in [0, 0.1) is 5.92 Å². The van der Waals surface area contributed by atoms with Crippen molar-refractivity contribution < 1.29 is 9.90 Å². The molecule has 0 saturated carbocycles. The van der Waals surface area contributed by atoms with Gasteiger partial charge in [-0.05, 0) is 25.7 Å². The van der Waals surface area contributed by atoms with Crippen LogP contribution in [-0.4, -0.2) is 35.1 Å². The molecule has 2 aliphatic heterocycles. The van der Waals surface area contributed by atoms with Crippen LogP contribution in [0.2, 0.25) is 0 Å². The number of fused-ring (bicyclic) bond motifs is 1. The van der Waals surface area contributed by atoms with E-state index >= 15 is 0 Å². The second kappa shape index (κ2) is 3.66. The molecule has 1 N–H and O–H groups in total. The van der Waals surface area contributed by atoms with E-state index in [0.717, 1.165) is 25.8 Å².